The van der Waals surface area contributed by atoms with Crippen LogP contribution < -0.4 is 11.1 Å². The first-order valence-corrected chi connectivity index (χ1v) is 6.80. The number of rotatable bonds is 4. The Balaban J connectivity index is 1.85. The molecule has 0 aliphatic carbocycles. The van der Waals surface area contributed by atoms with Gasteiger partial charge < -0.3 is 11.1 Å². The molecule has 1 amide bonds. The first kappa shape index (κ1) is 13.3. The largest absolute Gasteiger partial charge is 0.330 e. The van der Waals surface area contributed by atoms with Crippen molar-refractivity contribution in [3.63, 3.8) is 0 Å². The minimum atomic E-state index is -0.123. The van der Waals surface area contributed by atoms with Crippen molar-refractivity contribution in [2.45, 2.75) is 6.42 Å². The minimum absolute atomic E-state index is 0.123. The molecule has 0 radical (unpaired) electrons. The van der Waals surface area contributed by atoms with Crippen molar-refractivity contribution in [2.75, 3.05) is 11.9 Å². The fraction of sp³-hybridized carbons (Fsp3) is 0.125. The number of benzene rings is 2. The van der Waals surface area contributed by atoms with Crippen molar-refractivity contribution in [3.8, 4) is 0 Å². The first-order chi connectivity index (χ1) is 10.3. The van der Waals surface area contributed by atoms with Gasteiger partial charge in [0.25, 0.3) is 5.91 Å². The van der Waals surface area contributed by atoms with Crippen LogP contribution in [0, 0.1) is 0 Å². The SMILES string of the molecule is NCCc1ccccc1C(=O)Nc1ccc2[nH]ncc2c1. The molecule has 0 atom stereocenters. The van der Waals surface area contributed by atoms with Crippen LogP contribution in [0.15, 0.2) is 48.7 Å². The highest BCUT2D eigenvalue weighted by Gasteiger charge is 2.11. The summed E-state index contributed by atoms with van der Waals surface area (Å²) in [7, 11) is 0. The fourth-order valence-corrected chi connectivity index (χ4v) is 2.33. The van der Waals surface area contributed by atoms with E-state index in [2.05, 4.69) is 15.5 Å². The quantitative estimate of drug-likeness (QED) is 0.685. The molecule has 0 aliphatic rings. The summed E-state index contributed by atoms with van der Waals surface area (Å²) in [6, 6.07) is 13.2. The minimum Gasteiger partial charge on any atom is -0.330 e. The number of nitrogens with zero attached hydrogens (tertiary/aromatic N) is 1. The second-order valence-electron chi connectivity index (χ2n) is 4.82. The number of hydrogen-bond donors (Lipinski definition) is 3. The number of H-pyrrole nitrogens is 1. The van der Waals surface area contributed by atoms with Gasteiger partial charge in [-0.3, -0.25) is 9.89 Å². The van der Waals surface area contributed by atoms with Crippen LogP contribution in [0.4, 0.5) is 5.69 Å². The van der Waals surface area contributed by atoms with Crippen LogP contribution in [0.2, 0.25) is 0 Å². The molecule has 3 aromatic rings. The molecule has 0 spiro atoms. The van der Waals surface area contributed by atoms with E-state index < -0.39 is 0 Å². The van der Waals surface area contributed by atoms with Gasteiger partial charge in [0, 0.05) is 16.6 Å². The predicted molar refractivity (Wildman–Crippen MR) is 83.2 cm³/mol. The standard InChI is InChI=1S/C16H16N4O/c17-8-7-11-3-1-2-4-14(11)16(21)19-13-5-6-15-12(9-13)10-18-20-15/h1-6,9-10H,7-8,17H2,(H,18,20)(H,19,21). The molecule has 0 saturated carbocycles. The lowest BCUT2D eigenvalue weighted by atomic mass is 10.0. The van der Waals surface area contributed by atoms with Gasteiger partial charge in [-0.15, -0.1) is 0 Å². The van der Waals surface area contributed by atoms with Crippen molar-refractivity contribution in [1.82, 2.24) is 10.2 Å². The molecule has 3 rings (SSSR count). The van der Waals surface area contributed by atoms with Gasteiger partial charge in [-0.05, 0) is 42.8 Å². The van der Waals surface area contributed by atoms with E-state index in [0.717, 1.165) is 22.2 Å². The number of fused-ring (bicyclic) bond motifs is 1. The summed E-state index contributed by atoms with van der Waals surface area (Å²) < 4.78 is 0. The molecule has 1 heterocycles. The topological polar surface area (TPSA) is 83.8 Å². The van der Waals surface area contributed by atoms with Gasteiger partial charge in [-0.1, -0.05) is 18.2 Å². The number of aromatic nitrogens is 2. The third-order valence-corrected chi connectivity index (χ3v) is 3.37. The molecule has 5 nitrogen and oxygen atoms in total. The molecule has 0 aliphatic heterocycles. The molecule has 0 fully saturated rings. The number of aromatic amines is 1. The number of anilines is 1. The van der Waals surface area contributed by atoms with E-state index in [9.17, 15) is 4.79 Å². The third-order valence-electron chi connectivity index (χ3n) is 3.37. The zero-order chi connectivity index (χ0) is 14.7. The summed E-state index contributed by atoms with van der Waals surface area (Å²) in [6.07, 6.45) is 2.41. The summed E-state index contributed by atoms with van der Waals surface area (Å²) in [4.78, 5) is 12.4. The molecular weight excluding hydrogens is 264 g/mol. The zero-order valence-corrected chi connectivity index (χ0v) is 11.5. The van der Waals surface area contributed by atoms with E-state index in [0.29, 0.717) is 18.5 Å². The highest BCUT2D eigenvalue weighted by atomic mass is 16.1. The molecule has 0 bridgehead atoms. The molecule has 0 unspecified atom stereocenters. The van der Waals surface area contributed by atoms with E-state index in [-0.39, 0.29) is 5.91 Å². The summed E-state index contributed by atoms with van der Waals surface area (Å²) >= 11 is 0. The normalized spacial score (nSPS) is 10.7. The maximum atomic E-state index is 12.4. The average molecular weight is 280 g/mol. The van der Waals surface area contributed by atoms with E-state index in [4.69, 9.17) is 5.73 Å². The number of hydrogen-bond acceptors (Lipinski definition) is 3. The number of amides is 1. The lowest BCUT2D eigenvalue weighted by Crippen LogP contribution is -2.15. The monoisotopic (exact) mass is 280 g/mol. The van der Waals surface area contributed by atoms with Crippen molar-refractivity contribution in [3.05, 3.63) is 59.8 Å². The predicted octanol–water partition coefficient (Wildman–Crippen LogP) is 2.32. The molecule has 1 aromatic heterocycles. The smallest absolute Gasteiger partial charge is 0.255 e. The molecule has 5 heteroatoms. The van der Waals surface area contributed by atoms with Crippen LogP contribution in [0.1, 0.15) is 15.9 Å². The van der Waals surface area contributed by atoms with Gasteiger partial charge in [-0.25, -0.2) is 0 Å². The molecule has 0 saturated heterocycles. The molecule has 21 heavy (non-hydrogen) atoms. The van der Waals surface area contributed by atoms with Crippen molar-refractivity contribution < 1.29 is 4.79 Å². The molecule has 4 N–H and O–H groups in total. The Morgan fingerprint density at radius 3 is 2.95 bits per heavy atom. The Morgan fingerprint density at radius 1 is 1.24 bits per heavy atom. The maximum absolute atomic E-state index is 12.4. The van der Waals surface area contributed by atoms with E-state index in [1.165, 1.54) is 0 Å². The molecular formula is C16H16N4O. The second-order valence-corrected chi connectivity index (χ2v) is 4.82. The van der Waals surface area contributed by atoms with Crippen LogP contribution in [-0.4, -0.2) is 22.6 Å². The number of nitrogens with two attached hydrogens (primary N) is 1. The van der Waals surface area contributed by atoms with Gasteiger partial charge in [0.05, 0.1) is 11.7 Å². The van der Waals surface area contributed by atoms with E-state index in [1.807, 2.05) is 42.5 Å². The summed E-state index contributed by atoms with van der Waals surface area (Å²) in [5.74, 6) is -0.123. The van der Waals surface area contributed by atoms with Gasteiger partial charge in [0.2, 0.25) is 0 Å². The lowest BCUT2D eigenvalue weighted by molar-refractivity contribution is 0.102. The molecule has 2 aromatic carbocycles. The van der Waals surface area contributed by atoms with Crippen LogP contribution >= 0.6 is 0 Å². The maximum Gasteiger partial charge on any atom is 0.255 e. The third kappa shape index (κ3) is 2.78. The lowest BCUT2D eigenvalue weighted by Gasteiger charge is -2.09. The van der Waals surface area contributed by atoms with Crippen molar-refractivity contribution in [2.24, 2.45) is 5.73 Å². The Labute approximate surface area is 122 Å². The summed E-state index contributed by atoms with van der Waals surface area (Å²) in [5, 5.41) is 10.7. The van der Waals surface area contributed by atoms with Crippen LogP contribution in [0.25, 0.3) is 10.9 Å². The Bertz CT molecular complexity index is 779. The Kier molecular flexibility index (Phi) is 3.66. The van der Waals surface area contributed by atoms with Crippen LogP contribution in [0.3, 0.4) is 0 Å². The van der Waals surface area contributed by atoms with Gasteiger partial charge in [0.1, 0.15) is 0 Å². The summed E-state index contributed by atoms with van der Waals surface area (Å²) in [6.45, 7) is 0.519. The number of carbonyl (C=O) groups excluding carboxylic acids is 1. The second kappa shape index (κ2) is 5.76. The Morgan fingerprint density at radius 2 is 2.10 bits per heavy atom. The number of nitrogens with one attached hydrogen (secondary N) is 2. The average Bonchev–Trinajstić information content (AvgIpc) is 2.95. The number of carbonyl (C=O) groups is 1. The van der Waals surface area contributed by atoms with E-state index in [1.54, 1.807) is 6.20 Å². The summed E-state index contributed by atoms with van der Waals surface area (Å²) in [5.41, 5.74) is 8.90. The van der Waals surface area contributed by atoms with Crippen molar-refractivity contribution in [1.29, 1.82) is 0 Å². The first-order valence-electron chi connectivity index (χ1n) is 6.80. The van der Waals surface area contributed by atoms with Crippen LogP contribution in [0.5, 0.6) is 0 Å². The Hall–Kier alpha value is -2.66. The van der Waals surface area contributed by atoms with Gasteiger partial charge >= 0.3 is 0 Å². The van der Waals surface area contributed by atoms with Crippen LogP contribution in [-0.2, 0) is 6.42 Å². The van der Waals surface area contributed by atoms with Crippen molar-refractivity contribution >= 4 is 22.5 Å². The van der Waals surface area contributed by atoms with E-state index >= 15 is 0 Å². The fourth-order valence-electron chi connectivity index (χ4n) is 2.33. The van der Waals surface area contributed by atoms with Gasteiger partial charge in [0.15, 0.2) is 0 Å². The highest BCUT2D eigenvalue weighted by Crippen LogP contribution is 2.18. The molecule has 106 valence electrons. The van der Waals surface area contributed by atoms with Gasteiger partial charge in [-0.2, -0.15) is 5.10 Å². The zero-order valence-electron chi connectivity index (χ0n) is 11.5. The highest BCUT2D eigenvalue weighted by molar-refractivity contribution is 6.06.